The molecule has 0 aliphatic heterocycles. The number of amides is 1. The Morgan fingerprint density at radius 3 is 2.22 bits per heavy atom. The molecule has 32 heavy (non-hydrogen) atoms. The zero-order valence-corrected chi connectivity index (χ0v) is 18.2. The smallest absolute Gasteiger partial charge is 0.324 e. The summed E-state index contributed by atoms with van der Waals surface area (Å²) in [6, 6.07) is 16.6. The molecule has 0 aromatic heterocycles. The fourth-order valence-electron chi connectivity index (χ4n) is 3.02. The molecule has 0 aliphatic carbocycles. The van der Waals surface area contributed by atoms with Crippen molar-refractivity contribution in [2.24, 2.45) is 0 Å². The highest BCUT2D eigenvalue weighted by atomic mass is 32.2. The van der Waals surface area contributed by atoms with Crippen LogP contribution in [0, 0.1) is 13.8 Å². The average molecular weight is 462 g/mol. The van der Waals surface area contributed by atoms with Crippen LogP contribution in [0.1, 0.15) is 16.7 Å². The fourth-order valence-corrected chi connectivity index (χ4v) is 4.44. The summed E-state index contributed by atoms with van der Waals surface area (Å²) in [7, 11) is -4.33. The summed E-state index contributed by atoms with van der Waals surface area (Å²) in [5.74, 6) is -0.688. The topological polar surface area (TPSA) is 66.5 Å². The molecule has 168 valence electrons. The van der Waals surface area contributed by atoms with Gasteiger partial charge in [0.15, 0.2) is 0 Å². The van der Waals surface area contributed by atoms with E-state index in [4.69, 9.17) is 0 Å². The summed E-state index contributed by atoms with van der Waals surface area (Å²) in [6.45, 7) is 2.84. The van der Waals surface area contributed by atoms with Crippen LogP contribution in [0.25, 0.3) is 0 Å². The number of nitrogens with zero attached hydrogens (tertiary/aromatic N) is 1. The van der Waals surface area contributed by atoms with Crippen molar-refractivity contribution in [3.8, 4) is 0 Å². The Morgan fingerprint density at radius 1 is 0.938 bits per heavy atom. The van der Waals surface area contributed by atoms with Gasteiger partial charge in [-0.1, -0.05) is 42.0 Å². The largest absolute Gasteiger partial charge is 0.416 e. The number of nitrogens with one attached hydrogen (secondary N) is 1. The predicted octanol–water partition coefficient (Wildman–Crippen LogP) is 5.16. The van der Waals surface area contributed by atoms with Crippen molar-refractivity contribution in [1.82, 2.24) is 0 Å². The lowest BCUT2D eigenvalue weighted by molar-refractivity contribution is -0.137. The van der Waals surface area contributed by atoms with Gasteiger partial charge in [0.05, 0.1) is 16.1 Å². The number of carbonyl (C=O) groups excluding carboxylic acids is 1. The van der Waals surface area contributed by atoms with Crippen LogP contribution in [0.2, 0.25) is 0 Å². The number of alkyl halides is 3. The maximum atomic E-state index is 13.3. The van der Waals surface area contributed by atoms with Crippen LogP contribution in [0.4, 0.5) is 24.5 Å². The number of halogens is 3. The van der Waals surface area contributed by atoms with E-state index in [2.05, 4.69) is 5.32 Å². The van der Waals surface area contributed by atoms with Crippen molar-refractivity contribution >= 4 is 27.3 Å². The first-order valence-electron chi connectivity index (χ1n) is 9.60. The van der Waals surface area contributed by atoms with Crippen molar-refractivity contribution in [3.05, 3.63) is 89.5 Å². The number of anilines is 2. The standard InChI is InChI=1S/C23H21F3N2O3S/c1-16-10-12-20(13-11-16)32(30,31)28(19-8-5-7-18(14-19)23(24,25)26)15-22(29)27-21-9-4-3-6-17(21)2/h3-14H,15H2,1-2H3,(H,27,29). The third-order valence-electron chi connectivity index (χ3n) is 4.78. The van der Waals surface area contributed by atoms with Gasteiger partial charge in [-0.05, 0) is 55.8 Å². The zero-order chi connectivity index (χ0) is 23.5. The SMILES string of the molecule is Cc1ccc(S(=O)(=O)N(CC(=O)Nc2ccccc2C)c2cccc(C(F)(F)F)c2)cc1. The number of benzene rings is 3. The number of rotatable bonds is 6. The van der Waals surface area contributed by atoms with Crippen LogP contribution in [-0.2, 0) is 21.0 Å². The second kappa shape index (κ2) is 9.04. The maximum Gasteiger partial charge on any atom is 0.416 e. The Labute approximate surface area is 184 Å². The quantitative estimate of drug-likeness (QED) is 0.551. The van der Waals surface area contributed by atoms with E-state index in [0.717, 1.165) is 23.3 Å². The van der Waals surface area contributed by atoms with Crippen LogP contribution < -0.4 is 9.62 Å². The molecule has 1 N–H and O–H groups in total. The molecule has 1 amide bonds. The first-order chi connectivity index (χ1) is 15.0. The molecular formula is C23H21F3N2O3S. The number of aryl methyl sites for hydroxylation is 2. The molecule has 0 atom stereocenters. The van der Waals surface area contributed by atoms with Crippen LogP contribution in [0.5, 0.6) is 0 Å². The molecule has 9 heteroatoms. The van der Waals surface area contributed by atoms with Crippen molar-refractivity contribution in [2.45, 2.75) is 24.9 Å². The highest BCUT2D eigenvalue weighted by molar-refractivity contribution is 7.92. The van der Waals surface area contributed by atoms with Gasteiger partial charge >= 0.3 is 6.18 Å². The van der Waals surface area contributed by atoms with E-state index in [0.29, 0.717) is 16.1 Å². The van der Waals surface area contributed by atoms with E-state index < -0.39 is 34.2 Å². The van der Waals surface area contributed by atoms with Crippen LogP contribution >= 0.6 is 0 Å². The van der Waals surface area contributed by atoms with E-state index in [1.165, 1.54) is 18.2 Å². The third kappa shape index (κ3) is 5.28. The summed E-state index contributed by atoms with van der Waals surface area (Å²) >= 11 is 0. The number of sulfonamides is 1. The normalized spacial score (nSPS) is 11.8. The van der Waals surface area contributed by atoms with E-state index in [1.807, 2.05) is 0 Å². The van der Waals surface area contributed by atoms with Crippen molar-refractivity contribution in [3.63, 3.8) is 0 Å². The van der Waals surface area contributed by atoms with E-state index >= 15 is 0 Å². The lowest BCUT2D eigenvalue weighted by Gasteiger charge is -2.25. The average Bonchev–Trinajstić information content (AvgIpc) is 2.73. The molecule has 5 nitrogen and oxygen atoms in total. The highest BCUT2D eigenvalue weighted by Crippen LogP contribution is 2.33. The molecule has 0 heterocycles. The molecule has 3 rings (SSSR count). The third-order valence-corrected chi connectivity index (χ3v) is 6.56. The molecule has 3 aromatic carbocycles. The van der Waals surface area contributed by atoms with E-state index in [-0.39, 0.29) is 10.6 Å². The minimum absolute atomic E-state index is 0.135. The van der Waals surface area contributed by atoms with Gasteiger partial charge < -0.3 is 5.32 Å². The summed E-state index contributed by atoms with van der Waals surface area (Å²) in [4.78, 5) is 12.6. The molecule has 0 spiro atoms. The fraction of sp³-hybridized carbons (Fsp3) is 0.174. The molecule has 0 bridgehead atoms. The molecule has 0 fully saturated rings. The van der Waals surface area contributed by atoms with Gasteiger partial charge in [0.25, 0.3) is 10.0 Å². The lowest BCUT2D eigenvalue weighted by atomic mass is 10.2. The lowest BCUT2D eigenvalue weighted by Crippen LogP contribution is -2.38. The van der Waals surface area contributed by atoms with Gasteiger partial charge in [0, 0.05) is 5.69 Å². The van der Waals surface area contributed by atoms with Gasteiger partial charge in [0.2, 0.25) is 5.91 Å². The zero-order valence-electron chi connectivity index (χ0n) is 17.3. The number of hydrogen-bond acceptors (Lipinski definition) is 3. The van der Waals surface area contributed by atoms with Gasteiger partial charge in [0.1, 0.15) is 6.54 Å². The van der Waals surface area contributed by atoms with Crippen LogP contribution in [0.3, 0.4) is 0 Å². The van der Waals surface area contributed by atoms with Gasteiger partial charge in [-0.3, -0.25) is 9.10 Å². The molecule has 3 aromatic rings. The van der Waals surface area contributed by atoms with Crippen LogP contribution in [-0.4, -0.2) is 20.9 Å². The van der Waals surface area contributed by atoms with Gasteiger partial charge in [-0.25, -0.2) is 8.42 Å². The van der Waals surface area contributed by atoms with Crippen molar-refractivity contribution < 1.29 is 26.4 Å². The van der Waals surface area contributed by atoms with Crippen LogP contribution in [0.15, 0.2) is 77.7 Å². The number of para-hydroxylation sites is 1. The molecule has 0 saturated heterocycles. The molecule has 0 saturated carbocycles. The number of hydrogen-bond donors (Lipinski definition) is 1. The summed E-state index contributed by atoms with van der Waals surface area (Å²) in [6.07, 6.45) is -4.67. The minimum Gasteiger partial charge on any atom is -0.324 e. The molecular weight excluding hydrogens is 441 g/mol. The summed E-state index contributed by atoms with van der Waals surface area (Å²) in [5.41, 5.74) is 0.771. The van der Waals surface area contributed by atoms with Crippen molar-refractivity contribution in [1.29, 1.82) is 0 Å². The summed E-state index contributed by atoms with van der Waals surface area (Å²) < 4.78 is 67.1. The Morgan fingerprint density at radius 2 is 1.59 bits per heavy atom. The van der Waals surface area contributed by atoms with E-state index in [9.17, 15) is 26.4 Å². The van der Waals surface area contributed by atoms with Crippen molar-refractivity contribution in [2.75, 3.05) is 16.2 Å². The van der Waals surface area contributed by atoms with Gasteiger partial charge in [-0.15, -0.1) is 0 Å². The second-order valence-electron chi connectivity index (χ2n) is 7.24. The monoisotopic (exact) mass is 462 g/mol. The maximum absolute atomic E-state index is 13.3. The highest BCUT2D eigenvalue weighted by Gasteiger charge is 2.33. The van der Waals surface area contributed by atoms with Gasteiger partial charge in [-0.2, -0.15) is 13.2 Å². The molecule has 0 unspecified atom stereocenters. The molecule has 0 radical (unpaired) electrons. The first kappa shape index (κ1) is 23.3. The first-order valence-corrected chi connectivity index (χ1v) is 11.0. The Balaban J connectivity index is 2.02. The second-order valence-corrected chi connectivity index (χ2v) is 9.10. The Hall–Kier alpha value is -3.33. The number of carbonyl (C=O) groups is 1. The Kier molecular flexibility index (Phi) is 6.59. The predicted molar refractivity (Wildman–Crippen MR) is 117 cm³/mol. The van der Waals surface area contributed by atoms with E-state index in [1.54, 1.807) is 50.2 Å². The Bertz CT molecular complexity index is 1220. The minimum atomic E-state index is -4.67. The molecule has 0 aliphatic rings. The summed E-state index contributed by atoms with van der Waals surface area (Å²) in [5, 5.41) is 2.62.